The zero-order valence-corrected chi connectivity index (χ0v) is 11.7. The van der Waals surface area contributed by atoms with Gasteiger partial charge in [0.25, 0.3) is 0 Å². The Kier molecular flexibility index (Phi) is 3.68. The van der Waals surface area contributed by atoms with Crippen molar-refractivity contribution >= 4 is 0 Å². The fourth-order valence-electron chi connectivity index (χ4n) is 2.13. The topological polar surface area (TPSA) is 35.0 Å². The molecule has 0 aromatic carbocycles. The van der Waals surface area contributed by atoms with Crippen LogP contribution in [0, 0.1) is 0 Å². The molecule has 5 heteroatoms. The van der Waals surface area contributed by atoms with E-state index in [9.17, 15) is 8.78 Å². The molecule has 3 rings (SSSR count). The van der Waals surface area contributed by atoms with Gasteiger partial charge in [-0.25, -0.2) is 0 Å². The van der Waals surface area contributed by atoms with Crippen LogP contribution in [0.4, 0.5) is 8.78 Å². The molecular formula is C16H16F2N2O. The molecule has 1 aliphatic carbocycles. The van der Waals surface area contributed by atoms with E-state index in [1.165, 1.54) is 12.8 Å². The van der Waals surface area contributed by atoms with Crippen LogP contribution >= 0.6 is 0 Å². The second kappa shape index (κ2) is 5.48. The van der Waals surface area contributed by atoms with Crippen molar-refractivity contribution in [2.24, 2.45) is 0 Å². The molecule has 1 aliphatic rings. The van der Waals surface area contributed by atoms with E-state index in [2.05, 4.69) is 14.7 Å². The lowest BCUT2D eigenvalue weighted by molar-refractivity contribution is -0.231. The van der Waals surface area contributed by atoms with Crippen molar-refractivity contribution in [3.05, 3.63) is 48.0 Å². The minimum atomic E-state index is -3.15. The highest BCUT2D eigenvalue weighted by Gasteiger charge is 2.24. The quantitative estimate of drug-likeness (QED) is 0.829. The molecule has 110 valence electrons. The molecule has 21 heavy (non-hydrogen) atoms. The Morgan fingerprint density at radius 3 is 2.62 bits per heavy atom. The fraction of sp³-hybridized carbons (Fsp3) is 0.375. The van der Waals surface area contributed by atoms with Crippen molar-refractivity contribution in [3.63, 3.8) is 0 Å². The zero-order valence-electron chi connectivity index (χ0n) is 11.7. The van der Waals surface area contributed by atoms with E-state index in [1.54, 1.807) is 12.3 Å². The number of rotatable bonds is 5. The molecular weight excluding hydrogens is 274 g/mol. The van der Waals surface area contributed by atoms with Crippen LogP contribution in [-0.4, -0.2) is 16.1 Å². The van der Waals surface area contributed by atoms with Crippen LogP contribution in [0.25, 0.3) is 11.1 Å². The predicted octanol–water partition coefficient (Wildman–Crippen LogP) is 4.15. The average molecular weight is 290 g/mol. The summed E-state index contributed by atoms with van der Waals surface area (Å²) in [5.41, 5.74) is 3.45. The standard InChI is InChI=1S/C16H16F2N2O/c1-16(17,18)21-10-14-8-12(6-7-19-14)13-4-5-15(20-9-13)11-2-3-11/h4-9,11H,2-3,10H2,1H3. The first-order valence-electron chi connectivity index (χ1n) is 6.94. The van der Waals surface area contributed by atoms with E-state index in [0.29, 0.717) is 11.6 Å². The van der Waals surface area contributed by atoms with E-state index in [0.717, 1.165) is 23.7 Å². The molecule has 3 nitrogen and oxygen atoms in total. The summed E-state index contributed by atoms with van der Waals surface area (Å²) in [5, 5.41) is 0. The molecule has 0 unspecified atom stereocenters. The Balaban J connectivity index is 1.75. The molecule has 1 fully saturated rings. The summed E-state index contributed by atoms with van der Waals surface area (Å²) in [5.74, 6) is 0.618. The van der Waals surface area contributed by atoms with Gasteiger partial charge >= 0.3 is 6.11 Å². The lowest BCUT2D eigenvalue weighted by Gasteiger charge is -2.11. The number of aromatic nitrogens is 2. The fourth-order valence-corrected chi connectivity index (χ4v) is 2.13. The van der Waals surface area contributed by atoms with Gasteiger partial charge in [-0.15, -0.1) is 0 Å². The lowest BCUT2D eigenvalue weighted by Crippen LogP contribution is -2.15. The summed E-state index contributed by atoms with van der Waals surface area (Å²) in [6.45, 7) is 0.502. The molecule has 0 amide bonds. The minimum Gasteiger partial charge on any atom is -0.314 e. The second-order valence-electron chi connectivity index (χ2n) is 5.38. The van der Waals surface area contributed by atoms with E-state index < -0.39 is 6.11 Å². The smallest absolute Gasteiger partial charge is 0.314 e. The van der Waals surface area contributed by atoms with Gasteiger partial charge in [0.05, 0.1) is 12.3 Å². The third-order valence-electron chi connectivity index (χ3n) is 3.41. The number of pyridine rings is 2. The van der Waals surface area contributed by atoms with E-state index in [1.807, 2.05) is 24.4 Å². The number of nitrogens with zero attached hydrogens (tertiary/aromatic N) is 2. The summed E-state index contributed by atoms with van der Waals surface area (Å²) >= 11 is 0. The highest BCUT2D eigenvalue weighted by molar-refractivity contribution is 5.62. The van der Waals surface area contributed by atoms with E-state index >= 15 is 0 Å². The Morgan fingerprint density at radius 1 is 1.19 bits per heavy atom. The molecule has 0 aliphatic heterocycles. The monoisotopic (exact) mass is 290 g/mol. The third-order valence-corrected chi connectivity index (χ3v) is 3.41. The Bertz CT molecular complexity index is 619. The van der Waals surface area contributed by atoms with E-state index in [-0.39, 0.29) is 6.61 Å². The van der Waals surface area contributed by atoms with Crippen LogP contribution in [0.3, 0.4) is 0 Å². The number of ether oxygens (including phenoxy) is 1. The zero-order chi connectivity index (χ0) is 14.9. The van der Waals surface area contributed by atoms with Gasteiger partial charge < -0.3 is 4.74 Å². The van der Waals surface area contributed by atoms with Crippen molar-refractivity contribution in [1.82, 2.24) is 9.97 Å². The molecule has 0 N–H and O–H groups in total. The van der Waals surface area contributed by atoms with Crippen LogP contribution in [0.1, 0.15) is 37.1 Å². The molecule has 0 saturated heterocycles. The first-order valence-corrected chi connectivity index (χ1v) is 6.94. The predicted molar refractivity (Wildman–Crippen MR) is 74.9 cm³/mol. The van der Waals surface area contributed by atoms with Crippen molar-refractivity contribution in [3.8, 4) is 11.1 Å². The maximum atomic E-state index is 12.7. The lowest BCUT2D eigenvalue weighted by atomic mass is 10.1. The van der Waals surface area contributed by atoms with Gasteiger partial charge in [0.2, 0.25) is 0 Å². The highest BCUT2D eigenvalue weighted by Crippen LogP contribution is 2.39. The summed E-state index contributed by atoms with van der Waals surface area (Å²) in [4.78, 5) is 8.51. The van der Waals surface area contributed by atoms with Crippen molar-refractivity contribution in [2.75, 3.05) is 0 Å². The van der Waals surface area contributed by atoms with Gasteiger partial charge in [-0.1, -0.05) is 6.07 Å². The molecule has 2 heterocycles. The average Bonchev–Trinajstić information content (AvgIpc) is 3.30. The second-order valence-corrected chi connectivity index (χ2v) is 5.38. The summed E-state index contributed by atoms with van der Waals surface area (Å²) in [6.07, 6.45) is 2.70. The van der Waals surface area contributed by atoms with Crippen LogP contribution in [0.5, 0.6) is 0 Å². The van der Waals surface area contributed by atoms with Gasteiger partial charge in [-0.3, -0.25) is 9.97 Å². The summed E-state index contributed by atoms with van der Waals surface area (Å²) < 4.78 is 29.8. The Morgan fingerprint density at radius 2 is 2.00 bits per heavy atom. The van der Waals surface area contributed by atoms with Crippen LogP contribution < -0.4 is 0 Å². The van der Waals surface area contributed by atoms with Gasteiger partial charge in [0.15, 0.2) is 0 Å². The van der Waals surface area contributed by atoms with Gasteiger partial charge in [0.1, 0.15) is 0 Å². The molecule has 1 saturated carbocycles. The van der Waals surface area contributed by atoms with Crippen molar-refractivity contribution in [1.29, 1.82) is 0 Å². The molecule has 0 atom stereocenters. The van der Waals surface area contributed by atoms with Gasteiger partial charge in [-0.05, 0) is 36.6 Å². The van der Waals surface area contributed by atoms with Crippen LogP contribution in [0.15, 0.2) is 36.7 Å². The molecule has 0 bridgehead atoms. The number of hydrogen-bond donors (Lipinski definition) is 0. The number of hydrogen-bond acceptors (Lipinski definition) is 3. The van der Waals surface area contributed by atoms with Crippen molar-refractivity contribution in [2.45, 2.75) is 38.4 Å². The van der Waals surface area contributed by atoms with Crippen LogP contribution in [0.2, 0.25) is 0 Å². The highest BCUT2D eigenvalue weighted by atomic mass is 19.3. The van der Waals surface area contributed by atoms with E-state index in [4.69, 9.17) is 0 Å². The molecule has 0 spiro atoms. The molecule has 0 radical (unpaired) electrons. The summed E-state index contributed by atoms with van der Waals surface area (Å²) in [6, 6.07) is 7.62. The molecule has 2 aromatic rings. The minimum absolute atomic E-state index is 0.217. The maximum Gasteiger partial charge on any atom is 0.353 e. The number of halogens is 2. The Labute approximate surface area is 122 Å². The summed E-state index contributed by atoms with van der Waals surface area (Å²) in [7, 11) is 0. The first kappa shape index (κ1) is 14.1. The Hall–Kier alpha value is -1.88. The number of alkyl halides is 2. The van der Waals surface area contributed by atoms with Gasteiger partial charge in [0, 0.05) is 36.5 Å². The van der Waals surface area contributed by atoms with Gasteiger partial charge in [-0.2, -0.15) is 8.78 Å². The van der Waals surface area contributed by atoms with Crippen molar-refractivity contribution < 1.29 is 13.5 Å². The third kappa shape index (κ3) is 3.82. The maximum absolute atomic E-state index is 12.7. The largest absolute Gasteiger partial charge is 0.353 e. The normalized spacial score (nSPS) is 15.2. The van der Waals surface area contributed by atoms with Crippen LogP contribution in [-0.2, 0) is 11.3 Å². The molecule has 2 aromatic heterocycles. The SMILES string of the molecule is CC(F)(F)OCc1cc(-c2ccc(C3CC3)nc2)ccn1. The first-order chi connectivity index (χ1) is 10.0.